The zero-order chi connectivity index (χ0) is 16.2. The molecule has 3 aromatic rings. The van der Waals surface area contributed by atoms with Crippen LogP contribution in [-0.2, 0) is 4.79 Å². The molecule has 2 aromatic carbocycles. The smallest absolute Gasteiger partial charge is 0.248 e. The number of fused-ring (bicyclic) bond motifs is 1. The third kappa shape index (κ3) is 3.55. The monoisotopic (exact) mass is 303 g/mol. The minimum atomic E-state index is -0.188. The minimum Gasteiger partial charge on any atom is -0.398 e. The second-order valence-corrected chi connectivity index (χ2v) is 5.32. The Hall–Kier alpha value is -3.14. The molecule has 1 heterocycles. The van der Waals surface area contributed by atoms with Gasteiger partial charge in [0.05, 0.1) is 5.52 Å². The van der Waals surface area contributed by atoms with Crippen LogP contribution in [0.1, 0.15) is 11.3 Å². The van der Waals surface area contributed by atoms with Crippen molar-refractivity contribution < 1.29 is 4.79 Å². The zero-order valence-electron chi connectivity index (χ0n) is 12.8. The average Bonchev–Trinajstić information content (AvgIpc) is 2.54. The van der Waals surface area contributed by atoms with Gasteiger partial charge in [0.1, 0.15) is 0 Å². The molecular formula is C19H17N3O. The molecule has 1 amide bonds. The number of nitrogens with one attached hydrogen (secondary N) is 1. The predicted molar refractivity (Wildman–Crippen MR) is 95.0 cm³/mol. The lowest BCUT2D eigenvalue weighted by Crippen LogP contribution is -2.07. The summed E-state index contributed by atoms with van der Waals surface area (Å²) >= 11 is 0. The van der Waals surface area contributed by atoms with Gasteiger partial charge in [0.25, 0.3) is 0 Å². The van der Waals surface area contributed by atoms with E-state index in [1.165, 1.54) is 6.08 Å². The first-order valence-electron chi connectivity index (χ1n) is 7.33. The first kappa shape index (κ1) is 14.8. The lowest BCUT2D eigenvalue weighted by molar-refractivity contribution is -0.111. The number of anilines is 2. The molecule has 4 nitrogen and oxygen atoms in total. The van der Waals surface area contributed by atoms with E-state index in [1.807, 2.05) is 61.5 Å². The molecule has 0 aliphatic rings. The number of benzene rings is 2. The van der Waals surface area contributed by atoms with E-state index in [1.54, 1.807) is 6.08 Å². The standard InChI is InChI=1S/C19H17N3O/c1-13-11-17(20)16-12-15(8-9-18(16)21-13)22-19(23)10-7-14-5-3-2-4-6-14/h2-12H,1H3,(H2,20,21)(H,22,23)/b10-7-. The Bertz CT molecular complexity index is 886. The Morgan fingerprint density at radius 2 is 1.91 bits per heavy atom. The molecular weight excluding hydrogens is 286 g/mol. The van der Waals surface area contributed by atoms with Crippen molar-refractivity contribution in [3.05, 3.63) is 71.9 Å². The number of nitrogen functional groups attached to an aromatic ring is 1. The van der Waals surface area contributed by atoms with Crippen LogP contribution >= 0.6 is 0 Å². The maximum atomic E-state index is 12.0. The Balaban J connectivity index is 1.79. The molecule has 23 heavy (non-hydrogen) atoms. The number of aryl methyl sites for hydroxylation is 1. The van der Waals surface area contributed by atoms with E-state index in [4.69, 9.17) is 5.73 Å². The Morgan fingerprint density at radius 3 is 2.70 bits per heavy atom. The molecule has 3 rings (SSSR count). The van der Waals surface area contributed by atoms with Gasteiger partial charge in [-0.15, -0.1) is 0 Å². The number of hydrogen-bond donors (Lipinski definition) is 2. The number of pyridine rings is 1. The van der Waals surface area contributed by atoms with Crippen LogP contribution in [0.2, 0.25) is 0 Å². The van der Waals surface area contributed by atoms with E-state index in [0.29, 0.717) is 11.4 Å². The highest BCUT2D eigenvalue weighted by atomic mass is 16.1. The van der Waals surface area contributed by atoms with Gasteiger partial charge in [0.2, 0.25) is 5.91 Å². The molecule has 4 heteroatoms. The summed E-state index contributed by atoms with van der Waals surface area (Å²) in [5, 5.41) is 3.67. The van der Waals surface area contributed by atoms with E-state index >= 15 is 0 Å². The molecule has 114 valence electrons. The summed E-state index contributed by atoms with van der Waals surface area (Å²) < 4.78 is 0. The fourth-order valence-corrected chi connectivity index (χ4v) is 2.39. The molecule has 0 radical (unpaired) electrons. The number of nitrogens with zero attached hydrogens (tertiary/aromatic N) is 1. The minimum absolute atomic E-state index is 0.188. The summed E-state index contributed by atoms with van der Waals surface area (Å²) in [4.78, 5) is 16.4. The van der Waals surface area contributed by atoms with Gasteiger partial charge >= 0.3 is 0 Å². The topological polar surface area (TPSA) is 68.0 Å². The zero-order valence-corrected chi connectivity index (χ0v) is 12.8. The molecule has 0 fully saturated rings. The van der Waals surface area contributed by atoms with Gasteiger partial charge in [-0.25, -0.2) is 0 Å². The summed E-state index contributed by atoms with van der Waals surface area (Å²) in [6.07, 6.45) is 3.28. The number of carbonyl (C=O) groups is 1. The number of rotatable bonds is 3. The third-order valence-electron chi connectivity index (χ3n) is 3.46. The largest absolute Gasteiger partial charge is 0.398 e. The molecule has 0 saturated heterocycles. The maximum absolute atomic E-state index is 12.0. The second kappa shape index (κ2) is 6.32. The highest BCUT2D eigenvalue weighted by Crippen LogP contribution is 2.24. The second-order valence-electron chi connectivity index (χ2n) is 5.32. The predicted octanol–water partition coefficient (Wildman–Crippen LogP) is 3.78. The summed E-state index contributed by atoms with van der Waals surface area (Å²) in [5.74, 6) is -0.188. The van der Waals surface area contributed by atoms with E-state index < -0.39 is 0 Å². The number of amides is 1. The van der Waals surface area contributed by atoms with Crippen LogP contribution in [0.3, 0.4) is 0 Å². The van der Waals surface area contributed by atoms with Crippen LogP contribution < -0.4 is 11.1 Å². The normalized spacial score (nSPS) is 11.0. The molecule has 0 unspecified atom stereocenters. The Kier molecular flexibility index (Phi) is 4.06. The lowest BCUT2D eigenvalue weighted by atomic mass is 10.1. The van der Waals surface area contributed by atoms with Crippen molar-refractivity contribution in [2.75, 3.05) is 11.1 Å². The van der Waals surface area contributed by atoms with Gasteiger partial charge in [0, 0.05) is 28.5 Å². The van der Waals surface area contributed by atoms with Crippen molar-refractivity contribution in [3.8, 4) is 0 Å². The van der Waals surface area contributed by atoms with Gasteiger partial charge in [-0.05, 0) is 42.8 Å². The fraction of sp³-hybridized carbons (Fsp3) is 0.0526. The summed E-state index contributed by atoms with van der Waals surface area (Å²) in [7, 11) is 0. The fourth-order valence-electron chi connectivity index (χ4n) is 2.39. The molecule has 0 aliphatic carbocycles. The van der Waals surface area contributed by atoms with E-state index in [9.17, 15) is 4.79 Å². The maximum Gasteiger partial charge on any atom is 0.248 e. The molecule has 0 atom stereocenters. The van der Waals surface area contributed by atoms with E-state index in [-0.39, 0.29) is 5.91 Å². The van der Waals surface area contributed by atoms with Gasteiger partial charge in [-0.2, -0.15) is 0 Å². The van der Waals surface area contributed by atoms with Crippen LogP contribution in [0.25, 0.3) is 17.0 Å². The molecule has 0 aliphatic heterocycles. The van der Waals surface area contributed by atoms with Gasteiger partial charge in [0.15, 0.2) is 0 Å². The van der Waals surface area contributed by atoms with Crippen molar-refractivity contribution in [2.24, 2.45) is 0 Å². The number of aromatic nitrogens is 1. The molecule has 0 saturated carbocycles. The van der Waals surface area contributed by atoms with Gasteiger partial charge < -0.3 is 11.1 Å². The van der Waals surface area contributed by atoms with Crippen molar-refractivity contribution in [1.82, 2.24) is 4.98 Å². The molecule has 0 spiro atoms. The SMILES string of the molecule is Cc1cc(N)c2cc(NC(=O)/C=C\c3ccccc3)ccc2n1. The Morgan fingerprint density at radius 1 is 1.13 bits per heavy atom. The number of nitrogens with two attached hydrogens (primary N) is 1. The molecule has 0 bridgehead atoms. The highest BCUT2D eigenvalue weighted by Gasteiger charge is 2.04. The van der Waals surface area contributed by atoms with Gasteiger partial charge in [-0.3, -0.25) is 9.78 Å². The van der Waals surface area contributed by atoms with Crippen LogP contribution in [-0.4, -0.2) is 10.9 Å². The summed E-state index contributed by atoms with van der Waals surface area (Å²) in [5.41, 5.74) is 10.0. The van der Waals surface area contributed by atoms with Crippen molar-refractivity contribution in [2.45, 2.75) is 6.92 Å². The van der Waals surface area contributed by atoms with Crippen LogP contribution in [0.15, 0.2) is 60.7 Å². The number of hydrogen-bond acceptors (Lipinski definition) is 3. The van der Waals surface area contributed by atoms with Crippen molar-refractivity contribution in [3.63, 3.8) is 0 Å². The average molecular weight is 303 g/mol. The van der Waals surface area contributed by atoms with E-state index in [2.05, 4.69) is 10.3 Å². The van der Waals surface area contributed by atoms with Crippen molar-refractivity contribution >= 4 is 34.3 Å². The van der Waals surface area contributed by atoms with E-state index in [0.717, 1.165) is 22.2 Å². The van der Waals surface area contributed by atoms with Crippen LogP contribution in [0, 0.1) is 6.92 Å². The van der Waals surface area contributed by atoms with Crippen molar-refractivity contribution in [1.29, 1.82) is 0 Å². The lowest BCUT2D eigenvalue weighted by Gasteiger charge is -2.07. The molecule has 1 aromatic heterocycles. The third-order valence-corrected chi connectivity index (χ3v) is 3.46. The number of carbonyl (C=O) groups excluding carboxylic acids is 1. The van der Waals surface area contributed by atoms with Crippen LogP contribution in [0.4, 0.5) is 11.4 Å². The summed E-state index contributed by atoms with van der Waals surface area (Å²) in [6, 6.07) is 17.0. The molecule has 3 N–H and O–H groups in total. The quantitative estimate of drug-likeness (QED) is 0.724. The van der Waals surface area contributed by atoms with Crippen LogP contribution in [0.5, 0.6) is 0 Å². The summed E-state index contributed by atoms with van der Waals surface area (Å²) in [6.45, 7) is 1.90. The first-order chi connectivity index (χ1) is 11.1. The first-order valence-corrected chi connectivity index (χ1v) is 7.33. The Labute approximate surface area is 134 Å². The van der Waals surface area contributed by atoms with Gasteiger partial charge in [-0.1, -0.05) is 30.3 Å². The highest BCUT2D eigenvalue weighted by molar-refractivity contribution is 6.03.